The number of anilines is 1. The van der Waals surface area contributed by atoms with Gasteiger partial charge in [-0.05, 0) is 18.6 Å². The number of aryl methyl sites for hydroxylation is 1. The van der Waals surface area contributed by atoms with E-state index in [9.17, 15) is 4.79 Å². The lowest BCUT2D eigenvalue weighted by Crippen LogP contribution is -2.11. The first-order valence-corrected chi connectivity index (χ1v) is 3.89. The Morgan fingerprint density at radius 3 is 3.00 bits per heavy atom. The van der Waals surface area contributed by atoms with Gasteiger partial charge < -0.3 is 10.5 Å². The maximum Gasteiger partial charge on any atom is 0.192 e. The molecule has 0 saturated heterocycles. The summed E-state index contributed by atoms with van der Waals surface area (Å²) in [6.07, 6.45) is 1.62. The molecule has 1 aromatic heterocycles. The molecule has 1 rings (SSSR count). The van der Waals surface area contributed by atoms with E-state index in [1.54, 1.807) is 12.3 Å². The number of carbonyl (C=O) groups excluding carboxylic acids is 1. The SMILES string of the molecule is COCC(=O)c1cc(C)cnc1N. The molecule has 0 bridgehead atoms. The van der Waals surface area contributed by atoms with Crippen LogP contribution in [0.4, 0.5) is 5.82 Å². The average Bonchev–Trinajstić information content (AvgIpc) is 2.09. The maximum absolute atomic E-state index is 11.4. The molecule has 0 aliphatic heterocycles. The number of ether oxygens (including phenoxy) is 1. The molecular formula is C9H12N2O2. The van der Waals surface area contributed by atoms with Crippen LogP contribution in [-0.4, -0.2) is 24.5 Å². The molecule has 0 aliphatic rings. The van der Waals surface area contributed by atoms with Crippen LogP contribution >= 0.6 is 0 Å². The fraction of sp³-hybridized carbons (Fsp3) is 0.333. The standard InChI is InChI=1S/C9H12N2O2/c1-6-3-7(8(12)5-13-2)9(10)11-4-6/h3-4H,5H2,1-2H3,(H2,10,11). The lowest BCUT2D eigenvalue weighted by Gasteiger charge is -2.03. The second-order valence-corrected chi connectivity index (χ2v) is 2.80. The first kappa shape index (κ1) is 9.67. The van der Waals surface area contributed by atoms with E-state index in [1.165, 1.54) is 7.11 Å². The number of hydrogen-bond donors (Lipinski definition) is 1. The van der Waals surface area contributed by atoms with Gasteiger partial charge in [0.05, 0.1) is 5.56 Å². The Balaban J connectivity index is 2.99. The molecule has 0 saturated carbocycles. The molecule has 0 aliphatic carbocycles. The van der Waals surface area contributed by atoms with Crippen LogP contribution < -0.4 is 5.73 Å². The molecule has 2 N–H and O–H groups in total. The first-order chi connectivity index (χ1) is 6.15. The number of nitrogens with two attached hydrogens (primary N) is 1. The highest BCUT2D eigenvalue weighted by Crippen LogP contribution is 2.10. The number of aromatic nitrogens is 1. The monoisotopic (exact) mass is 180 g/mol. The smallest absolute Gasteiger partial charge is 0.192 e. The normalized spacial score (nSPS) is 10.0. The van der Waals surface area contributed by atoms with Crippen molar-refractivity contribution in [3.63, 3.8) is 0 Å². The highest BCUT2D eigenvalue weighted by atomic mass is 16.5. The molecule has 13 heavy (non-hydrogen) atoms. The highest BCUT2D eigenvalue weighted by molar-refractivity contribution is 6.00. The zero-order valence-electron chi connectivity index (χ0n) is 7.70. The van der Waals surface area contributed by atoms with Crippen LogP contribution in [0.1, 0.15) is 15.9 Å². The third-order valence-electron chi connectivity index (χ3n) is 1.63. The average molecular weight is 180 g/mol. The van der Waals surface area contributed by atoms with Crippen LogP contribution in [0, 0.1) is 6.92 Å². The summed E-state index contributed by atoms with van der Waals surface area (Å²) in [5.74, 6) is 0.115. The molecule has 0 amide bonds. The Morgan fingerprint density at radius 2 is 2.38 bits per heavy atom. The summed E-state index contributed by atoms with van der Waals surface area (Å²) in [5, 5.41) is 0. The zero-order valence-corrected chi connectivity index (χ0v) is 7.70. The van der Waals surface area contributed by atoms with Gasteiger partial charge in [-0.1, -0.05) is 0 Å². The van der Waals surface area contributed by atoms with E-state index < -0.39 is 0 Å². The Hall–Kier alpha value is -1.42. The summed E-state index contributed by atoms with van der Waals surface area (Å²) < 4.78 is 4.72. The Kier molecular flexibility index (Phi) is 2.97. The van der Waals surface area contributed by atoms with E-state index >= 15 is 0 Å². The number of rotatable bonds is 3. The van der Waals surface area contributed by atoms with E-state index in [0.717, 1.165) is 5.56 Å². The number of Topliss-reactive ketones (excluding diaryl/α,β-unsaturated/α-hetero) is 1. The fourth-order valence-corrected chi connectivity index (χ4v) is 1.01. The number of pyridine rings is 1. The van der Waals surface area contributed by atoms with Gasteiger partial charge in [0.2, 0.25) is 0 Å². The highest BCUT2D eigenvalue weighted by Gasteiger charge is 2.09. The predicted molar refractivity (Wildman–Crippen MR) is 49.6 cm³/mol. The van der Waals surface area contributed by atoms with Gasteiger partial charge in [0, 0.05) is 13.3 Å². The second-order valence-electron chi connectivity index (χ2n) is 2.80. The van der Waals surface area contributed by atoms with Gasteiger partial charge >= 0.3 is 0 Å². The van der Waals surface area contributed by atoms with Crippen molar-refractivity contribution >= 4 is 11.6 Å². The van der Waals surface area contributed by atoms with Crippen molar-refractivity contribution in [1.29, 1.82) is 0 Å². The summed E-state index contributed by atoms with van der Waals surface area (Å²) in [6, 6.07) is 1.71. The summed E-state index contributed by atoms with van der Waals surface area (Å²) in [6.45, 7) is 1.89. The summed E-state index contributed by atoms with van der Waals surface area (Å²) in [7, 11) is 1.47. The van der Waals surface area contributed by atoms with Crippen LogP contribution in [0.2, 0.25) is 0 Å². The van der Waals surface area contributed by atoms with Crippen molar-refractivity contribution in [3.05, 3.63) is 23.4 Å². The largest absolute Gasteiger partial charge is 0.383 e. The minimum absolute atomic E-state index is 0.0370. The summed E-state index contributed by atoms with van der Waals surface area (Å²) in [5.41, 5.74) is 6.88. The van der Waals surface area contributed by atoms with Crippen LogP contribution in [0.25, 0.3) is 0 Å². The molecule has 0 unspecified atom stereocenters. The Labute approximate surface area is 76.7 Å². The van der Waals surface area contributed by atoms with E-state index in [4.69, 9.17) is 10.5 Å². The van der Waals surface area contributed by atoms with Crippen molar-refractivity contribution in [1.82, 2.24) is 4.98 Å². The van der Waals surface area contributed by atoms with Gasteiger partial charge in [0.15, 0.2) is 5.78 Å². The summed E-state index contributed by atoms with van der Waals surface area (Å²) >= 11 is 0. The van der Waals surface area contributed by atoms with Gasteiger partial charge in [0.25, 0.3) is 0 Å². The Morgan fingerprint density at radius 1 is 1.69 bits per heavy atom. The van der Waals surface area contributed by atoms with Crippen LogP contribution in [0.15, 0.2) is 12.3 Å². The molecule has 0 spiro atoms. The van der Waals surface area contributed by atoms with Crippen molar-refractivity contribution < 1.29 is 9.53 Å². The predicted octanol–water partition coefficient (Wildman–Crippen LogP) is 0.801. The van der Waals surface area contributed by atoms with Crippen LogP contribution in [0.3, 0.4) is 0 Å². The quantitative estimate of drug-likeness (QED) is 0.699. The molecule has 4 nitrogen and oxygen atoms in total. The molecule has 0 radical (unpaired) electrons. The van der Waals surface area contributed by atoms with Crippen molar-refractivity contribution in [2.45, 2.75) is 6.92 Å². The minimum Gasteiger partial charge on any atom is -0.383 e. The second kappa shape index (κ2) is 4.00. The topological polar surface area (TPSA) is 65.2 Å². The van der Waals surface area contributed by atoms with Gasteiger partial charge in [-0.25, -0.2) is 4.98 Å². The zero-order chi connectivity index (χ0) is 9.84. The number of carbonyl (C=O) groups is 1. The molecule has 1 heterocycles. The third kappa shape index (κ3) is 2.26. The molecule has 0 fully saturated rings. The van der Waals surface area contributed by atoms with Crippen LogP contribution in [0.5, 0.6) is 0 Å². The van der Waals surface area contributed by atoms with Gasteiger partial charge in [-0.3, -0.25) is 4.79 Å². The maximum atomic E-state index is 11.4. The lowest BCUT2D eigenvalue weighted by molar-refractivity contribution is 0.0848. The van der Waals surface area contributed by atoms with E-state index in [1.807, 2.05) is 6.92 Å². The first-order valence-electron chi connectivity index (χ1n) is 3.89. The van der Waals surface area contributed by atoms with Crippen molar-refractivity contribution in [3.8, 4) is 0 Å². The van der Waals surface area contributed by atoms with Gasteiger partial charge in [-0.2, -0.15) is 0 Å². The van der Waals surface area contributed by atoms with Gasteiger partial charge in [0.1, 0.15) is 12.4 Å². The lowest BCUT2D eigenvalue weighted by atomic mass is 10.1. The molecule has 70 valence electrons. The molecule has 4 heteroatoms. The molecule has 0 aromatic carbocycles. The molecular weight excluding hydrogens is 168 g/mol. The van der Waals surface area contributed by atoms with Crippen LogP contribution in [-0.2, 0) is 4.74 Å². The number of methoxy groups -OCH3 is 1. The number of ketones is 1. The number of nitrogens with zero attached hydrogens (tertiary/aromatic N) is 1. The summed E-state index contributed by atoms with van der Waals surface area (Å²) in [4.78, 5) is 15.3. The molecule has 1 aromatic rings. The van der Waals surface area contributed by atoms with Gasteiger partial charge in [-0.15, -0.1) is 0 Å². The van der Waals surface area contributed by atoms with E-state index in [0.29, 0.717) is 5.56 Å². The Bertz CT molecular complexity index is 323. The number of hydrogen-bond acceptors (Lipinski definition) is 4. The fourth-order valence-electron chi connectivity index (χ4n) is 1.01. The van der Waals surface area contributed by atoms with E-state index in [2.05, 4.69) is 4.98 Å². The van der Waals surface area contributed by atoms with Crippen molar-refractivity contribution in [2.75, 3.05) is 19.5 Å². The molecule has 0 atom stereocenters. The van der Waals surface area contributed by atoms with Crippen molar-refractivity contribution in [2.24, 2.45) is 0 Å². The minimum atomic E-state index is -0.142. The number of nitrogen functional groups attached to an aromatic ring is 1. The van der Waals surface area contributed by atoms with E-state index in [-0.39, 0.29) is 18.2 Å². The third-order valence-corrected chi connectivity index (χ3v) is 1.63.